The van der Waals surface area contributed by atoms with Crippen LogP contribution in [0, 0.1) is 0 Å². The van der Waals surface area contributed by atoms with Crippen LogP contribution >= 0.6 is 0 Å². The molecule has 0 amide bonds. The Hall–Kier alpha value is -1.22. The first kappa shape index (κ1) is 16.2. The van der Waals surface area contributed by atoms with Gasteiger partial charge in [0.25, 0.3) is 0 Å². The fraction of sp³-hybridized carbons (Fsp3) is 0.667. The predicted octanol–water partition coefficient (Wildman–Crippen LogP) is 4.29. The van der Waals surface area contributed by atoms with E-state index in [0.717, 1.165) is 30.9 Å². The van der Waals surface area contributed by atoms with Gasteiger partial charge in [-0.15, -0.1) is 0 Å². The second-order valence-corrected chi connectivity index (χ2v) is 6.22. The Morgan fingerprint density at radius 2 is 1.86 bits per heavy atom. The molecule has 0 atom stereocenters. The standard InChI is InChI=1S/C18H29NO2/c1-14(2)19-13-15-9-8-12-17(20-3)18(15)21-16-10-6-4-5-7-11-16/h8-9,12,14,16,19H,4-7,10-11,13H2,1-3H3. The van der Waals surface area contributed by atoms with Gasteiger partial charge in [0.2, 0.25) is 0 Å². The summed E-state index contributed by atoms with van der Waals surface area (Å²) in [5, 5.41) is 3.47. The Balaban J connectivity index is 2.13. The molecule has 0 saturated heterocycles. The second kappa shape index (κ2) is 8.28. The van der Waals surface area contributed by atoms with Crippen LogP contribution in [0.3, 0.4) is 0 Å². The molecule has 0 aromatic heterocycles. The molecule has 21 heavy (non-hydrogen) atoms. The Labute approximate surface area is 129 Å². The van der Waals surface area contributed by atoms with Gasteiger partial charge in [-0.1, -0.05) is 38.8 Å². The maximum absolute atomic E-state index is 6.36. The van der Waals surface area contributed by atoms with Crippen LogP contribution in [0.1, 0.15) is 57.9 Å². The van der Waals surface area contributed by atoms with Crippen LogP contribution in [-0.2, 0) is 6.54 Å². The Bertz CT molecular complexity index is 423. The number of methoxy groups -OCH3 is 1. The quantitative estimate of drug-likeness (QED) is 0.793. The second-order valence-electron chi connectivity index (χ2n) is 6.22. The van der Waals surface area contributed by atoms with Crippen molar-refractivity contribution in [3.63, 3.8) is 0 Å². The van der Waals surface area contributed by atoms with Gasteiger partial charge in [-0.3, -0.25) is 0 Å². The van der Waals surface area contributed by atoms with Crippen LogP contribution in [0.5, 0.6) is 11.5 Å². The molecule has 1 aromatic rings. The number of ether oxygens (including phenoxy) is 2. The van der Waals surface area contributed by atoms with Gasteiger partial charge in [-0.25, -0.2) is 0 Å². The summed E-state index contributed by atoms with van der Waals surface area (Å²) in [5.41, 5.74) is 1.19. The minimum Gasteiger partial charge on any atom is -0.493 e. The Morgan fingerprint density at radius 1 is 1.14 bits per heavy atom. The number of hydrogen-bond acceptors (Lipinski definition) is 3. The average molecular weight is 291 g/mol. The highest BCUT2D eigenvalue weighted by Gasteiger charge is 2.18. The van der Waals surface area contributed by atoms with E-state index in [0.29, 0.717) is 12.1 Å². The van der Waals surface area contributed by atoms with Crippen molar-refractivity contribution in [3.05, 3.63) is 23.8 Å². The molecule has 0 aliphatic heterocycles. The summed E-state index contributed by atoms with van der Waals surface area (Å²) in [5.74, 6) is 1.78. The first-order chi connectivity index (χ1) is 10.2. The molecule has 0 bridgehead atoms. The SMILES string of the molecule is COc1cccc(CNC(C)C)c1OC1CCCCCC1. The molecule has 1 aromatic carbocycles. The number of nitrogens with one attached hydrogen (secondary N) is 1. The van der Waals surface area contributed by atoms with Crippen molar-refractivity contribution in [1.29, 1.82) is 0 Å². The molecule has 1 aliphatic carbocycles. The lowest BCUT2D eigenvalue weighted by atomic mass is 10.1. The average Bonchev–Trinajstić information content (AvgIpc) is 2.74. The van der Waals surface area contributed by atoms with Crippen LogP contribution in [-0.4, -0.2) is 19.3 Å². The zero-order valence-electron chi connectivity index (χ0n) is 13.7. The van der Waals surface area contributed by atoms with E-state index in [4.69, 9.17) is 9.47 Å². The molecular formula is C18H29NO2. The van der Waals surface area contributed by atoms with E-state index >= 15 is 0 Å². The lowest BCUT2D eigenvalue weighted by molar-refractivity contribution is 0.174. The van der Waals surface area contributed by atoms with Crippen LogP contribution in [0.2, 0.25) is 0 Å². The van der Waals surface area contributed by atoms with Gasteiger partial charge < -0.3 is 14.8 Å². The van der Waals surface area contributed by atoms with Crippen molar-refractivity contribution in [2.24, 2.45) is 0 Å². The summed E-state index contributed by atoms with van der Waals surface area (Å²) >= 11 is 0. The first-order valence-electron chi connectivity index (χ1n) is 8.26. The van der Waals surface area contributed by atoms with Gasteiger partial charge >= 0.3 is 0 Å². The summed E-state index contributed by atoms with van der Waals surface area (Å²) < 4.78 is 11.9. The van der Waals surface area contributed by atoms with Gasteiger partial charge in [0.05, 0.1) is 13.2 Å². The summed E-state index contributed by atoms with van der Waals surface area (Å²) in [4.78, 5) is 0. The molecule has 118 valence electrons. The number of para-hydroxylation sites is 1. The molecule has 1 aliphatic rings. The van der Waals surface area contributed by atoms with Crippen molar-refractivity contribution < 1.29 is 9.47 Å². The third-order valence-corrected chi connectivity index (χ3v) is 4.07. The lowest BCUT2D eigenvalue weighted by Gasteiger charge is -2.22. The van der Waals surface area contributed by atoms with Crippen molar-refractivity contribution in [3.8, 4) is 11.5 Å². The molecule has 3 nitrogen and oxygen atoms in total. The van der Waals surface area contributed by atoms with E-state index in [9.17, 15) is 0 Å². The van der Waals surface area contributed by atoms with E-state index in [2.05, 4.69) is 25.2 Å². The van der Waals surface area contributed by atoms with Crippen LogP contribution in [0.15, 0.2) is 18.2 Å². The van der Waals surface area contributed by atoms with Crippen molar-refractivity contribution in [1.82, 2.24) is 5.32 Å². The van der Waals surface area contributed by atoms with E-state index in [1.54, 1.807) is 7.11 Å². The maximum atomic E-state index is 6.36. The maximum Gasteiger partial charge on any atom is 0.166 e. The summed E-state index contributed by atoms with van der Waals surface area (Å²) in [6.07, 6.45) is 7.89. The zero-order valence-corrected chi connectivity index (χ0v) is 13.7. The first-order valence-corrected chi connectivity index (χ1v) is 8.26. The molecule has 1 N–H and O–H groups in total. The van der Waals surface area contributed by atoms with Gasteiger partial charge in [0.15, 0.2) is 11.5 Å². The van der Waals surface area contributed by atoms with Crippen molar-refractivity contribution >= 4 is 0 Å². The van der Waals surface area contributed by atoms with E-state index in [1.165, 1.54) is 31.2 Å². The smallest absolute Gasteiger partial charge is 0.166 e. The minimum atomic E-state index is 0.335. The third-order valence-electron chi connectivity index (χ3n) is 4.07. The van der Waals surface area contributed by atoms with Crippen molar-refractivity contribution in [2.45, 2.75) is 71.1 Å². The van der Waals surface area contributed by atoms with E-state index < -0.39 is 0 Å². The fourth-order valence-corrected chi connectivity index (χ4v) is 2.84. The molecule has 3 heteroatoms. The fourth-order valence-electron chi connectivity index (χ4n) is 2.84. The molecule has 0 heterocycles. The molecule has 0 unspecified atom stereocenters. The van der Waals surface area contributed by atoms with Crippen LogP contribution < -0.4 is 14.8 Å². The summed E-state index contributed by atoms with van der Waals surface area (Å²) in [7, 11) is 1.72. The van der Waals surface area contributed by atoms with Gasteiger partial charge in [0.1, 0.15) is 0 Å². The molecule has 0 spiro atoms. The normalized spacial score (nSPS) is 16.8. The highest BCUT2D eigenvalue weighted by atomic mass is 16.5. The number of benzene rings is 1. The predicted molar refractivity (Wildman–Crippen MR) is 87.1 cm³/mol. The van der Waals surface area contributed by atoms with Gasteiger partial charge in [-0.05, 0) is 31.7 Å². The Kier molecular flexibility index (Phi) is 6.37. The molecular weight excluding hydrogens is 262 g/mol. The lowest BCUT2D eigenvalue weighted by Crippen LogP contribution is -2.23. The highest BCUT2D eigenvalue weighted by molar-refractivity contribution is 5.46. The molecule has 1 saturated carbocycles. The van der Waals surface area contributed by atoms with E-state index in [1.807, 2.05) is 12.1 Å². The zero-order chi connectivity index (χ0) is 15.1. The summed E-state index contributed by atoms with van der Waals surface area (Å²) in [6.45, 7) is 5.13. The molecule has 1 fully saturated rings. The third kappa shape index (κ3) is 4.92. The van der Waals surface area contributed by atoms with Crippen LogP contribution in [0.4, 0.5) is 0 Å². The monoisotopic (exact) mass is 291 g/mol. The van der Waals surface area contributed by atoms with Crippen LogP contribution in [0.25, 0.3) is 0 Å². The Morgan fingerprint density at radius 3 is 2.48 bits per heavy atom. The van der Waals surface area contributed by atoms with Gasteiger partial charge in [0, 0.05) is 18.2 Å². The topological polar surface area (TPSA) is 30.5 Å². The van der Waals surface area contributed by atoms with Crippen molar-refractivity contribution in [2.75, 3.05) is 7.11 Å². The van der Waals surface area contributed by atoms with Gasteiger partial charge in [-0.2, -0.15) is 0 Å². The number of hydrogen-bond donors (Lipinski definition) is 1. The summed E-state index contributed by atoms with van der Waals surface area (Å²) in [6, 6.07) is 6.62. The highest BCUT2D eigenvalue weighted by Crippen LogP contribution is 2.34. The van der Waals surface area contributed by atoms with E-state index in [-0.39, 0.29) is 0 Å². The molecule has 2 rings (SSSR count). The minimum absolute atomic E-state index is 0.335. The largest absolute Gasteiger partial charge is 0.493 e. The number of rotatable bonds is 6. The molecule has 0 radical (unpaired) electrons.